The second-order valence-corrected chi connectivity index (χ2v) is 9.88. The minimum Gasteiger partial charge on any atom is -0.508 e. The third-order valence-corrected chi connectivity index (χ3v) is 6.19. The smallest absolute Gasteiger partial charge is 0.331 e. The summed E-state index contributed by atoms with van der Waals surface area (Å²) >= 11 is 0. The van der Waals surface area contributed by atoms with Crippen LogP contribution in [0.2, 0.25) is 0 Å². The molecule has 32 heavy (non-hydrogen) atoms. The fourth-order valence-electron chi connectivity index (χ4n) is 2.83. The van der Waals surface area contributed by atoms with Gasteiger partial charge in [0, 0.05) is 18.2 Å². The number of ether oxygens (including phenoxy) is 2. The highest BCUT2D eigenvalue weighted by atomic mass is 31.2. The summed E-state index contributed by atoms with van der Waals surface area (Å²) in [7, 11) is -4.15. The van der Waals surface area contributed by atoms with Gasteiger partial charge in [-0.1, -0.05) is 12.1 Å². The van der Waals surface area contributed by atoms with E-state index in [4.69, 9.17) is 24.4 Å². The molecule has 0 fully saturated rings. The van der Waals surface area contributed by atoms with Crippen LogP contribution in [0.4, 0.5) is 0 Å². The first kappa shape index (κ1) is 26.1. The van der Waals surface area contributed by atoms with E-state index in [0.717, 1.165) is 5.56 Å². The van der Waals surface area contributed by atoms with E-state index in [-0.39, 0.29) is 31.6 Å². The van der Waals surface area contributed by atoms with Gasteiger partial charge < -0.3 is 39.9 Å². The highest BCUT2D eigenvalue weighted by Crippen LogP contribution is 2.40. The SMILES string of the molecule is CC(Cc1ccc(OCC(C)P(=O)(O)O)cc1)NCC(O)COc1ccc(O)c(CO)c1. The number of aliphatic hydroxyl groups is 2. The van der Waals surface area contributed by atoms with Gasteiger partial charge in [0.05, 0.1) is 12.3 Å². The van der Waals surface area contributed by atoms with Crippen molar-refractivity contribution in [3.63, 3.8) is 0 Å². The lowest BCUT2D eigenvalue weighted by Crippen LogP contribution is -2.37. The Kier molecular flexibility index (Phi) is 9.96. The third kappa shape index (κ3) is 8.78. The number of aromatic hydroxyl groups is 1. The number of nitrogens with one attached hydrogen (secondary N) is 1. The van der Waals surface area contributed by atoms with Crippen molar-refractivity contribution in [1.29, 1.82) is 0 Å². The standard InChI is InChI=1S/C22H32NO8P/c1-15(9-17-3-5-20(6-4-17)30-13-16(2)32(27,28)29)23-11-19(25)14-31-21-7-8-22(26)18(10-21)12-24/h3-8,10,15-16,19,23-26H,9,11-14H2,1-2H3,(H2,27,28,29). The third-order valence-electron chi connectivity index (χ3n) is 4.90. The van der Waals surface area contributed by atoms with Crippen LogP contribution in [0.5, 0.6) is 17.2 Å². The summed E-state index contributed by atoms with van der Waals surface area (Å²) in [5.41, 5.74) is 0.538. The first-order valence-corrected chi connectivity index (χ1v) is 12.0. The molecule has 0 radical (unpaired) electrons. The molecule has 0 aromatic heterocycles. The number of benzene rings is 2. The molecule has 178 valence electrons. The summed E-state index contributed by atoms with van der Waals surface area (Å²) in [6.07, 6.45) is -0.0273. The average molecular weight is 469 g/mol. The molecule has 6 N–H and O–H groups in total. The molecule has 0 saturated heterocycles. The average Bonchev–Trinajstić information content (AvgIpc) is 2.75. The Bertz CT molecular complexity index is 886. The zero-order chi connectivity index (χ0) is 23.7. The van der Waals surface area contributed by atoms with Gasteiger partial charge in [-0.15, -0.1) is 0 Å². The molecule has 10 heteroatoms. The highest BCUT2D eigenvalue weighted by Gasteiger charge is 2.24. The van der Waals surface area contributed by atoms with Crippen LogP contribution in [0.25, 0.3) is 0 Å². The van der Waals surface area contributed by atoms with Crippen LogP contribution in [0, 0.1) is 0 Å². The predicted octanol–water partition coefficient (Wildman–Crippen LogP) is 1.79. The Balaban J connectivity index is 1.72. The number of phenols is 1. The molecule has 0 aliphatic heterocycles. The van der Waals surface area contributed by atoms with Gasteiger partial charge in [0.1, 0.15) is 36.6 Å². The predicted molar refractivity (Wildman–Crippen MR) is 120 cm³/mol. The van der Waals surface area contributed by atoms with E-state index < -0.39 is 19.4 Å². The molecule has 3 atom stereocenters. The first-order valence-electron chi connectivity index (χ1n) is 10.3. The van der Waals surface area contributed by atoms with Crippen LogP contribution in [-0.2, 0) is 17.6 Å². The van der Waals surface area contributed by atoms with Crippen LogP contribution in [-0.4, -0.2) is 62.7 Å². The Morgan fingerprint density at radius 3 is 2.25 bits per heavy atom. The minimum absolute atomic E-state index is 0.00817. The molecule has 2 aromatic rings. The second-order valence-electron chi connectivity index (χ2n) is 7.82. The summed E-state index contributed by atoms with van der Waals surface area (Å²) in [6, 6.07) is 11.9. The molecule has 2 aromatic carbocycles. The molecule has 0 amide bonds. The maximum atomic E-state index is 11.2. The molecule has 0 spiro atoms. The maximum absolute atomic E-state index is 11.2. The van der Waals surface area contributed by atoms with E-state index in [1.54, 1.807) is 18.2 Å². The molecule has 2 rings (SSSR count). The van der Waals surface area contributed by atoms with Crippen molar-refractivity contribution in [3.05, 3.63) is 53.6 Å². The molecular formula is C22H32NO8P. The van der Waals surface area contributed by atoms with Gasteiger partial charge in [-0.25, -0.2) is 0 Å². The van der Waals surface area contributed by atoms with Gasteiger partial charge in [0.2, 0.25) is 0 Å². The Labute approximate surface area is 187 Å². The second kappa shape index (κ2) is 12.2. The minimum atomic E-state index is -4.15. The number of rotatable bonds is 13. The quantitative estimate of drug-likeness (QED) is 0.242. The highest BCUT2D eigenvalue weighted by molar-refractivity contribution is 7.52. The fraction of sp³-hybridized carbons (Fsp3) is 0.455. The van der Waals surface area contributed by atoms with Crippen LogP contribution < -0.4 is 14.8 Å². The molecule has 0 bridgehead atoms. The van der Waals surface area contributed by atoms with Crippen molar-refractivity contribution in [2.45, 2.75) is 44.7 Å². The van der Waals surface area contributed by atoms with Gasteiger partial charge in [0.15, 0.2) is 0 Å². The van der Waals surface area contributed by atoms with Crippen molar-refractivity contribution in [3.8, 4) is 17.2 Å². The van der Waals surface area contributed by atoms with Crippen LogP contribution in [0.15, 0.2) is 42.5 Å². The van der Waals surface area contributed by atoms with Crippen molar-refractivity contribution >= 4 is 7.60 Å². The van der Waals surface area contributed by atoms with Gasteiger partial charge in [0.25, 0.3) is 0 Å². The molecule has 9 nitrogen and oxygen atoms in total. The lowest BCUT2D eigenvalue weighted by atomic mass is 10.1. The van der Waals surface area contributed by atoms with Crippen LogP contribution in [0.1, 0.15) is 25.0 Å². The fourth-order valence-corrected chi connectivity index (χ4v) is 3.10. The molecular weight excluding hydrogens is 437 g/mol. The van der Waals surface area contributed by atoms with Crippen molar-refractivity contribution in [1.82, 2.24) is 5.32 Å². The molecule has 3 unspecified atom stereocenters. The molecule has 0 aliphatic rings. The van der Waals surface area contributed by atoms with Gasteiger partial charge >= 0.3 is 7.60 Å². The summed E-state index contributed by atoms with van der Waals surface area (Å²) in [5.74, 6) is 0.989. The summed E-state index contributed by atoms with van der Waals surface area (Å²) in [4.78, 5) is 18.2. The maximum Gasteiger partial charge on any atom is 0.331 e. The molecule has 0 heterocycles. The number of hydrogen-bond acceptors (Lipinski definition) is 7. The van der Waals surface area contributed by atoms with Crippen molar-refractivity contribution in [2.75, 3.05) is 19.8 Å². The van der Waals surface area contributed by atoms with Crippen LogP contribution in [0.3, 0.4) is 0 Å². The van der Waals surface area contributed by atoms with E-state index in [9.17, 15) is 14.8 Å². The monoisotopic (exact) mass is 469 g/mol. The van der Waals surface area contributed by atoms with E-state index in [1.807, 2.05) is 19.1 Å². The Morgan fingerprint density at radius 1 is 1.00 bits per heavy atom. The molecule has 0 aliphatic carbocycles. The zero-order valence-electron chi connectivity index (χ0n) is 18.2. The summed E-state index contributed by atoms with van der Waals surface area (Å²) in [6.45, 7) is 3.46. The van der Waals surface area contributed by atoms with E-state index >= 15 is 0 Å². The number of hydrogen-bond donors (Lipinski definition) is 6. The Hall–Kier alpha value is -2.13. The lowest BCUT2D eigenvalue weighted by Gasteiger charge is -2.18. The van der Waals surface area contributed by atoms with E-state index in [0.29, 0.717) is 30.0 Å². The van der Waals surface area contributed by atoms with E-state index in [1.165, 1.54) is 19.1 Å². The van der Waals surface area contributed by atoms with Gasteiger partial charge in [-0.2, -0.15) is 0 Å². The normalized spacial score (nSPS) is 14.6. The van der Waals surface area contributed by atoms with Crippen molar-refractivity contribution < 1.29 is 39.1 Å². The lowest BCUT2D eigenvalue weighted by molar-refractivity contribution is 0.104. The summed E-state index contributed by atoms with van der Waals surface area (Å²) in [5, 5.41) is 32.1. The van der Waals surface area contributed by atoms with E-state index in [2.05, 4.69) is 5.32 Å². The zero-order valence-corrected chi connectivity index (χ0v) is 19.1. The first-order chi connectivity index (χ1) is 15.1. The van der Waals surface area contributed by atoms with Crippen LogP contribution >= 0.6 is 7.60 Å². The topological polar surface area (TPSA) is 149 Å². The Morgan fingerprint density at radius 2 is 1.62 bits per heavy atom. The molecule has 0 saturated carbocycles. The number of aliphatic hydroxyl groups excluding tert-OH is 2. The van der Waals surface area contributed by atoms with Gasteiger partial charge in [-0.3, -0.25) is 4.57 Å². The summed E-state index contributed by atoms with van der Waals surface area (Å²) < 4.78 is 22.1. The van der Waals surface area contributed by atoms with Crippen molar-refractivity contribution in [2.24, 2.45) is 0 Å². The largest absolute Gasteiger partial charge is 0.508 e. The van der Waals surface area contributed by atoms with Gasteiger partial charge in [-0.05, 0) is 56.2 Å².